The summed E-state index contributed by atoms with van der Waals surface area (Å²) in [5, 5.41) is 15.7. The lowest BCUT2D eigenvalue weighted by molar-refractivity contribution is -0.312. The highest BCUT2D eigenvalue weighted by Crippen LogP contribution is 2.49. The van der Waals surface area contributed by atoms with Gasteiger partial charge in [0.2, 0.25) is 5.91 Å². The predicted molar refractivity (Wildman–Crippen MR) is 139 cm³/mol. The lowest BCUT2D eigenvalue weighted by Crippen LogP contribution is -2.62. The van der Waals surface area contributed by atoms with E-state index in [1.54, 1.807) is 30.9 Å². The van der Waals surface area contributed by atoms with Crippen molar-refractivity contribution < 1.29 is 38.5 Å². The van der Waals surface area contributed by atoms with Crippen molar-refractivity contribution in [3.63, 3.8) is 0 Å². The maximum atomic E-state index is 13.6. The second-order valence-corrected chi connectivity index (χ2v) is 12.0. The molecule has 37 heavy (non-hydrogen) atoms. The summed E-state index contributed by atoms with van der Waals surface area (Å²) in [6.07, 6.45) is 0.376. The zero-order chi connectivity index (χ0) is 28.0. The van der Waals surface area contributed by atoms with Gasteiger partial charge in [-0.2, -0.15) is 4.89 Å². The van der Waals surface area contributed by atoms with Crippen LogP contribution in [0, 0.1) is 11.3 Å². The van der Waals surface area contributed by atoms with Crippen molar-refractivity contribution in [2.75, 3.05) is 26.4 Å². The minimum absolute atomic E-state index is 0.0342. The molecule has 0 aromatic heterocycles. The van der Waals surface area contributed by atoms with Crippen LogP contribution in [0.1, 0.15) is 53.5 Å². The lowest BCUT2D eigenvalue weighted by Gasteiger charge is -2.53. The standard InChI is InChI=1S/C24H39ClN3O8P/c1-16(2)19(27-21(30)26-13-23(5,6)31)20(29)28-12-11-24(22(3,4)14-28,34-15-35-36-37(32)33)17-7-9-18(25)10-8-17/h7-10,16,19,31,37H,11-15H2,1-6H3,(H,32,33)(H2,26,27,30)/t19-,24+/m1/s1. The van der Waals surface area contributed by atoms with Gasteiger partial charge in [0, 0.05) is 30.1 Å². The number of hydrogen-bond donors (Lipinski definition) is 4. The zero-order valence-corrected chi connectivity index (χ0v) is 23.9. The van der Waals surface area contributed by atoms with Crippen molar-refractivity contribution in [3.8, 4) is 0 Å². The third-order valence-corrected chi connectivity index (χ3v) is 6.93. The molecule has 0 aliphatic carbocycles. The summed E-state index contributed by atoms with van der Waals surface area (Å²) < 4.78 is 21.3. The van der Waals surface area contributed by atoms with E-state index in [0.717, 1.165) is 5.56 Å². The van der Waals surface area contributed by atoms with E-state index in [0.29, 0.717) is 24.5 Å². The Morgan fingerprint density at radius 3 is 2.38 bits per heavy atom. The molecule has 1 aromatic rings. The van der Waals surface area contributed by atoms with Gasteiger partial charge in [0.1, 0.15) is 11.6 Å². The molecule has 11 nitrogen and oxygen atoms in total. The number of carbonyl (C=O) groups is 2. The maximum Gasteiger partial charge on any atom is 0.344 e. The van der Waals surface area contributed by atoms with Crippen LogP contribution < -0.4 is 10.6 Å². The number of halogens is 1. The van der Waals surface area contributed by atoms with Crippen molar-refractivity contribution in [1.29, 1.82) is 0 Å². The summed E-state index contributed by atoms with van der Waals surface area (Å²) in [6, 6.07) is 5.84. The summed E-state index contributed by atoms with van der Waals surface area (Å²) in [7, 11) is -3.29. The molecule has 3 amide bonds. The normalized spacial score (nSPS) is 21.4. The number of rotatable bonds is 11. The highest BCUT2D eigenvalue weighted by molar-refractivity contribution is 7.31. The second kappa shape index (κ2) is 12.9. The number of amides is 3. The van der Waals surface area contributed by atoms with Gasteiger partial charge in [0.05, 0.1) is 5.60 Å². The molecule has 1 unspecified atom stereocenters. The van der Waals surface area contributed by atoms with Gasteiger partial charge in [-0.1, -0.05) is 51.4 Å². The Balaban J connectivity index is 2.23. The second-order valence-electron chi connectivity index (χ2n) is 10.8. The van der Waals surface area contributed by atoms with Crippen LogP contribution in [-0.4, -0.2) is 64.9 Å². The molecule has 1 aliphatic heterocycles. The van der Waals surface area contributed by atoms with E-state index in [2.05, 4.69) is 15.3 Å². The molecule has 0 bridgehead atoms. The first-order chi connectivity index (χ1) is 17.1. The van der Waals surface area contributed by atoms with Gasteiger partial charge < -0.3 is 30.3 Å². The molecule has 13 heteroatoms. The number of ether oxygens (including phenoxy) is 1. The van der Waals surface area contributed by atoms with Crippen LogP contribution in [0.3, 0.4) is 0 Å². The summed E-state index contributed by atoms with van der Waals surface area (Å²) in [6.45, 7) is 11.0. The number of benzene rings is 1. The van der Waals surface area contributed by atoms with E-state index < -0.39 is 43.7 Å². The van der Waals surface area contributed by atoms with Crippen molar-refractivity contribution in [2.24, 2.45) is 11.3 Å². The Kier molecular flexibility index (Phi) is 11.0. The SMILES string of the molecule is CC(C)[C@@H](NC(=O)NCC(C)(C)O)C(=O)N1CC[C@](OCOO[PH](=O)O)(c2ccc(Cl)cc2)C(C)(C)C1. The smallest absolute Gasteiger partial charge is 0.344 e. The minimum Gasteiger partial charge on any atom is -0.389 e. The molecule has 0 spiro atoms. The van der Waals surface area contributed by atoms with Crippen LogP contribution in [0.5, 0.6) is 0 Å². The number of nitrogens with one attached hydrogen (secondary N) is 2. The molecule has 1 aliphatic rings. The Hall–Kier alpha value is -1.72. The average molecular weight is 564 g/mol. The first kappa shape index (κ1) is 31.5. The maximum absolute atomic E-state index is 13.6. The van der Waals surface area contributed by atoms with Gasteiger partial charge in [0.25, 0.3) is 0 Å². The highest BCUT2D eigenvalue weighted by atomic mass is 35.5. The number of carbonyl (C=O) groups excluding carboxylic acids is 2. The summed E-state index contributed by atoms with van der Waals surface area (Å²) in [4.78, 5) is 41.3. The first-order valence-corrected chi connectivity index (χ1v) is 13.7. The molecule has 0 radical (unpaired) electrons. The fourth-order valence-corrected chi connectivity index (χ4v) is 4.78. The first-order valence-electron chi connectivity index (χ1n) is 12.1. The average Bonchev–Trinajstić information content (AvgIpc) is 2.79. The van der Waals surface area contributed by atoms with E-state index >= 15 is 0 Å². The number of urea groups is 1. The Morgan fingerprint density at radius 1 is 1.24 bits per heavy atom. The number of piperidine rings is 1. The molecular formula is C24H39ClN3O8P. The van der Waals surface area contributed by atoms with Crippen molar-refractivity contribution >= 4 is 31.8 Å². The van der Waals surface area contributed by atoms with E-state index in [4.69, 9.17) is 26.1 Å². The molecule has 3 atom stereocenters. The van der Waals surface area contributed by atoms with Crippen LogP contribution in [0.2, 0.25) is 5.02 Å². The fourth-order valence-electron chi connectivity index (χ4n) is 4.51. The zero-order valence-electron chi connectivity index (χ0n) is 22.2. The van der Waals surface area contributed by atoms with Gasteiger partial charge >= 0.3 is 14.3 Å². The van der Waals surface area contributed by atoms with Gasteiger partial charge in [-0.3, -0.25) is 9.36 Å². The molecular weight excluding hydrogens is 525 g/mol. The molecule has 0 saturated carbocycles. The minimum atomic E-state index is -3.29. The molecule has 1 heterocycles. The molecule has 4 N–H and O–H groups in total. The van der Waals surface area contributed by atoms with E-state index in [9.17, 15) is 19.3 Å². The van der Waals surface area contributed by atoms with E-state index in [-0.39, 0.29) is 18.4 Å². The van der Waals surface area contributed by atoms with E-state index in [1.165, 1.54) is 0 Å². The number of nitrogens with zero attached hydrogens (tertiary/aromatic N) is 1. The van der Waals surface area contributed by atoms with E-state index in [1.807, 2.05) is 39.8 Å². The Labute approximate surface area is 223 Å². The van der Waals surface area contributed by atoms with Gasteiger partial charge in [-0.25, -0.2) is 4.79 Å². The van der Waals surface area contributed by atoms with Gasteiger partial charge in [0.15, 0.2) is 6.79 Å². The Morgan fingerprint density at radius 2 is 1.86 bits per heavy atom. The molecule has 1 fully saturated rings. The number of hydrogen-bond acceptors (Lipinski definition) is 7. The van der Waals surface area contributed by atoms with Crippen LogP contribution in [-0.2, 0) is 29.3 Å². The van der Waals surface area contributed by atoms with Crippen LogP contribution in [0.4, 0.5) is 4.79 Å². The quantitative estimate of drug-likeness (QED) is 0.106. The molecule has 1 saturated heterocycles. The Bertz CT molecular complexity index is 954. The topological polar surface area (TPSA) is 147 Å². The van der Waals surface area contributed by atoms with Gasteiger partial charge in [-0.15, -0.1) is 4.67 Å². The van der Waals surface area contributed by atoms with Crippen molar-refractivity contribution in [2.45, 2.75) is 65.2 Å². The molecule has 2 rings (SSSR count). The van der Waals surface area contributed by atoms with Crippen LogP contribution >= 0.6 is 19.9 Å². The predicted octanol–water partition coefficient (Wildman–Crippen LogP) is 3.19. The van der Waals surface area contributed by atoms with Crippen molar-refractivity contribution in [3.05, 3.63) is 34.9 Å². The fraction of sp³-hybridized carbons (Fsp3) is 0.667. The number of aliphatic hydroxyl groups is 1. The largest absolute Gasteiger partial charge is 0.389 e. The van der Waals surface area contributed by atoms with Crippen molar-refractivity contribution in [1.82, 2.24) is 15.5 Å². The molecule has 1 aromatic carbocycles. The highest BCUT2D eigenvalue weighted by Gasteiger charge is 2.52. The third-order valence-electron chi connectivity index (χ3n) is 6.42. The lowest BCUT2D eigenvalue weighted by atomic mass is 9.66. The third kappa shape index (κ3) is 8.64. The van der Waals surface area contributed by atoms with Gasteiger partial charge in [-0.05, 0) is 43.9 Å². The van der Waals surface area contributed by atoms with Crippen LogP contribution in [0.15, 0.2) is 24.3 Å². The number of likely N-dealkylation sites (tertiary alicyclic amines) is 1. The van der Waals surface area contributed by atoms with Crippen LogP contribution in [0.25, 0.3) is 0 Å². The summed E-state index contributed by atoms with van der Waals surface area (Å²) in [5.41, 5.74) is -1.88. The summed E-state index contributed by atoms with van der Waals surface area (Å²) in [5.74, 6) is -0.417. The molecule has 210 valence electrons. The summed E-state index contributed by atoms with van der Waals surface area (Å²) >= 11 is 6.10. The monoisotopic (exact) mass is 563 g/mol.